The Kier molecular flexibility index (Phi) is 7.18. The first-order valence-corrected chi connectivity index (χ1v) is 12.1. The van der Waals surface area contributed by atoms with Crippen LogP contribution in [-0.2, 0) is 14.8 Å². The van der Waals surface area contributed by atoms with Crippen LogP contribution in [0.25, 0.3) is 0 Å². The van der Waals surface area contributed by atoms with Crippen LogP contribution in [0.5, 0.6) is 0 Å². The summed E-state index contributed by atoms with van der Waals surface area (Å²) in [5.74, 6) is -0.379. The lowest BCUT2D eigenvalue weighted by Gasteiger charge is -2.25. The van der Waals surface area contributed by atoms with Gasteiger partial charge in [0.25, 0.3) is 10.0 Å². The highest BCUT2D eigenvalue weighted by molar-refractivity contribution is 9.10. The minimum atomic E-state index is -3.92. The minimum Gasteiger partial charge on any atom is -0.348 e. The van der Waals surface area contributed by atoms with E-state index in [4.69, 9.17) is 0 Å². The Bertz CT molecular complexity index is 1160. The second kappa shape index (κ2) is 9.66. The molecule has 1 N–H and O–H groups in total. The number of nitrogens with zero attached hydrogens (tertiary/aromatic N) is 1. The topological polar surface area (TPSA) is 66.5 Å². The molecule has 0 aliphatic heterocycles. The summed E-state index contributed by atoms with van der Waals surface area (Å²) in [6.07, 6.45) is 0. The van der Waals surface area contributed by atoms with Gasteiger partial charge >= 0.3 is 0 Å². The lowest BCUT2D eigenvalue weighted by Crippen LogP contribution is -2.41. The molecule has 0 fully saturated rings. The number of rotatable bonds is 7. The number of anilines is 1. The van der Waals surface area contributed by atoms with Gasteiger partial charge in [-0.25, -0.2) is 8.42 Å². The first-order valence-electron chi connectivity index (χ1n) is 9.88. The van der Waals surface area contributed by atoms with E-state index in [2.05, 4.69) is 21.2 Å². The summed E-state index contributed by atoms with van der Waals surface area (Å²) in [5.41, 5.74) is 3.60. The zero-order valence-corrected chi connectivity index (χ0v) is 20.1. The van der Waals surface area contributed by atoms with Gasteiger partial charge in [-0.2, -0.15) is 0 Å². The van der Waals surface area contributed by atoms with Crippen LogP contribution in [0.3, 0.4) is 0 Å². The van der Waals surface area contributed by atoms with E-state index in [9.17, 15) is 13.2 Å². The van der Waals surface area contributed by atoms with Gasteiger partial charge in [-0.3, -0.25) is 9.10 Å². The molecule has 0 aliphatic carbocycles. The predicted octanol–water partition coefficient (Wildman–Crippen LogP) is 5.14. The van der Waals surface area contributed by atoms with E-state index in [1.54, 1.807) is 42.5 Å². The zero-order valence-electron chi connectivity index (χ0n) is 17.7. The summed E-state index contributed by atoms with van der Waals surface area (Å²) in [6, 6.07) is 20.8. The average molecular weight is 501 g/mol. The van der Waals surface area contributed by atoms with E-state index < -0.39 is 10.0 Å². The first-order chi connectivity index (χ1) is 14.7. The van der Waals surface area contributed by atoms with Crippen molar-refractivity contribution in [1.29, 1.82) is 0 Å². The van der Waals surface area contributed by atoms with Crippen molar-refractivity contribution >= 4 is 37.5 Å². The number of sulfonamides is 1. The number of aryl methyl sites for hydroxylation is 2. The van der Waals surface area contributed by atoms with Gasteiger partial charge in [0, 0.05) is 4.47 Å². The lowest BCUT2D eigenvalue weighted by atomic mass is 10.00. The normalized spacial score (nSPS) is 12.3. The number of hydrogen-bond donors (Lipinski definition) is 1. The van der Waals surface area contributed by atoms with Crippen LogP contribution in [0.4, 0.5) is 5.69 Å². The molecule has 1 unspecified atom stereocenters. The molecule has 0 saturated heterocycles. The standard InChI is InChI=1S/C24H25BrN2O3S/c1-17-9-10-18(2)23(15-17)19(3)26-24(28)16-27(21-13-11-20(25)12-14-21)31(29,30)22-7-5-4-6-8-22/h4-15,19H,16H2,1-3H3,(H,26,28). The Balaban J connectivity index is 1.89. The van der Waals surface area contributed by atoms with Crippen LogP contribution in [0.2, 0.25) is 0 Å². The van der Waals surface area contributed by atoms with E-state index >= 15 is 0 Å². The van der Waals surface area contributed by atoms with Crippen LogP contribution in [0.15, 0.2) is 82.2 Å². The molecule has 1 atom stereocenters. The molecule has 5 nitrogen and oxygen atoms in total. The van der Waals surface area contributed by atoms with E-state index in [-0.39, 0.29) is 23.4 Å². The summed E-state index contributed by atoms with van der Waals surface area (Å²) in [4.78, 5) is 13.1. The Morgan fingerprint density at radius 3 is 2.29 bits per heavy atom. The molecular weight excluding hydrogens is 476 g/mol. The van der Waals surface area contributed by atoms with Gasteiger partial charge < -0.3 is 5.32 Å². The van der Waals surface area contributed by atoms with Crippen molar-refractivity contribution in [1.82, 2.24) is 5.32 Å². The van der Waals surface area contributed by atoms with Crippen molar-refractivity contribution in [3.63, 3.8) is 0 Å². The Labute approximate surface area is 192 Å². The van der Waals surface area contributed by atoms with E-state index in [1.165, 1.54) is 12.1 Å². The van der Waals surface area contributed by atoms with Crippen molar-refractivity contribution in [3.8, 4) is 0 Å². The van der Waals surface area contributed by atoms with Gasteiger partial charge in [-0.1, -0.05) is 57.9 Å². The molecule has 3 aromatic carbocycles. The molecule has 0 saturated carbocycles. The fourth-order valence-electron chi connectivity index (χ4n) is 3.36. The number of amides is 1. The monoisotopic (exact) mass is 500 g/mol. The summed E-state index contributed by atoms with van der Waals surface area (Å²) in [6.45, 7) is 5.56. The second-order valence-corrected chi connectivity index (χ2v) is 10.2. The van der Waals surface area contributed by atoms with Crippen LogP contribution >= 0.6 is 15.9 Å². The molecule has 3 aromatic rings. The van der Waals surface area contributed by atoms with Crippen LogP contribution in [-0.4, -0.2) is 20.9 Å². The molecule has 0 spiro atoms. The maximum atomic E-state index is 13.3. The Morgan fingerprint density at radius 1 is 1.00 bits per heavy atom. The fourth-order valence-corrected chi connectivity index (χ4v) is 5.07. The SMILES string of the molecule is Cc1ccc(C)c(C(C)NC(=O)CN(c2ccc(Br)cc2)S(=O)(=O)c2ccccc2)c1. The number of carbonyl (C=O) groups excluding carboxylic acids is 1. The van der Waals surface area contributed by atoms with Gasteiger partial charge in [0.15, 0.2) is 0 Å². The largest absolute Gasteiger partial charge is 0.348 e. The van der Waals surface area contributed by atoms with Crippen molar-refractivity contribution in [3.05, 3.63) is 94.0 Å². The molecule has 0 aromatic heterocycles. The van der Waals surface area contributed by atoms with E-state index in [1.807, 2.05) is 39.0 Å². The number of benzene rings is 3. The minimum absolute atomic E-state index is 0.133. The molecular formula is C24H25BrN2O3S. The number of carbonyl (C=O) groups is 1. The highest BCUT2D eigenvalue weighted by Gasteiger charge is 2.27. The quantitative estimate of drug-likeness (QED) is 0.488. The summed E-state index contributed by atoms with van der Waals surface area (Å²) >= 11 is 3.36. The molecule has 162 valence electrons. The highest BCUT2D eigenvalue weighted by Crippen LogP contribution is 2.25. The van der Waals surface area contributed by atoms with Crippen LogP contribution in [0.1, 0.15) is 29.7 Å². The van der Waals surface area contributed by atoms with Gasteiger partial charge in [0.2, 0.25) is 5.91 Å². The summed E-state index contributed by atoms with van der Waals surface area (Å²) in [5, 5.41) is 2.95. The van der Waals surface area contributed by atoms with Crippen molar-refractivity contribution < 1.29 is 13.2 Å². The number of halogens is 1. The zero-order chi connectivity index (χ0) is 22.6. The lowest BCUT2D eigenvalue weighted by molar-refractivity contribution is -0.120. The molecule has 0 heterocycles. The van der Waals surface area contributed by atoms with E-state index in [0.29, 0.717) is 5.69 Å². The van der Waals surface area contributed by atoms with Crippen molar-refractivity contribution in [2.24, 2.45) is 0 Å². The van der Waals surface area contributed by atoms with Crippen LogP contribution < -0.4 is 9.62 Å². The van der Waals surface area contributed by atoms with E-state index in [0.717, 1.165) is 25.5 Å². The van der Waals surface area contributed by atoms with Crippen molar-refractivity contribution in [2.45, 2.75) is 31.7 Å². The second-order valence-electron chi connectivity index (χ2n) is 7.45. The smallest absolute Gasteiger partial charge is 0.264 e. The van der Waals surface area contributed by atoms with Gasteiger partial charge in [-0.15, -0.1) is 0 Å². The third-order valence-electron chi connectivity index (χ3n) is 5.01. The number of hydrogen-bond acceptors (Lipinski definition) is 3. The van der Waals surface area contributed by atoms with Gasteiger partial charge in [0.1, 0.15) is 6.54 Å². The molecule has 7 heteroatoms. The molecule has 1 amide bonds. The predicted molar refractivity (Wildman–Crippen MR) is 128 cm³/mol. The molecule has 0 bridgehead atoms. The van der Waals surface area contributed by atoms with Gasteiger partial charge in [0.05, 0.1) is 16.6 Å². The fraction of sp³-hybridized carbons (Fsp3) is 0.208. The third-order valence-corrected chi connectivity index (χ3v) is 7.33. The van der Waals surface area contributed by atoms with Gasteiger partial charge in [-0.05, 0) is 68.3 Å². The Morgan fingerprint density at radius 2 is 1.65 bits per heavy atom. The molecule has 31 heavy (non-hydrogen) atoms. The average Bonchev–Trinajstić information content (AvgIpc) is 2.75. The third kappa shape index (κ3) is 5.54. The highest BCUT2D eigenvalue weighted by atomic mass is 79.9. The molecule has 0 radical (unpaired) electrons. The summed E-state index contributed by atoms with van der Waals surface area (Å²) < 4.78 is 28.6. The van der Waals surface area contributed by atoms with Crippen molar-refractivity contribution in [2.75, 3.05) is 10.8 Å². The molecule has 0 aliphatic rings. The maximum Gasteiger partial charge on any atom is 0.264 e. The maximum absolute atomic E-state index is 13.3. The first kappa shape index (κ1) is 23.0. The Hall–Kier alpha value is -2.64. The van der Waals surface area contributed by atoms with Crippen LogP contribution in [0, 0.1) is 13.8 Å². The summed E-state index contributed by atoms with van der Waals surface area (Å²) in [7, 11) is -3.92. The molecule has 3 rings (SSSR count). The number of nitrogens with one attached hydrogen (secondary N) is 1.